The van der Waals surface area contributed by atoms with Gasteiger partial charge in [0.15, 0.2) is 0 Å². The third-order valence-electron chi connectivity index (χ3n) is 3.16. The number of aliphatic hydroxyl groups excluding tert-OH is 1. The van der Waals surface area contributed by atoms with Gasteiger partial charge in [-0.05, 0) is 34.8 Å². The third kappa shape index (κ3) is 6.19. The number of hydrogen-bond acceptors (Lipinski definition) is 8. The third-order valence-corrected chi connectivity index (χ3v) is 7.73. The van der Waals surface area contributed by atoms with Crippen LogP contribution in [0.4, 0.5) is 11.6 Å². The molecule has 7 nitrogen and oxygen atoms in total. The van der Waals surface area contributed by atoms with Gasteiger partial charge in [-0.3, -0.25) is 0 Å². The maximum Gasteiger partial charge on any atom is 0.247 e. The number of thioether (sulfide) groups is 1. The van der Waals surface area contributed by atoms with Crippen LogP contribution in [0.25, 0.3) is 0 Å². The van der Waals surface area contributed by atoms with Crippen molar-refractivity contribution in [3.05, 3.63) is 22.1 Å². The molecule has 0 saturated carbocycles. The second kappa shape index (κ2) is 9.28. The number of nitrogens with two attached hydrogens (primary N) is 1. The molecule has 0 bridgehead atoms. The van der Waals surface area contributed by atoms with Crippen molar-refractivity contribution >= 4 is 60.7 Å². The van der Waals surface area contributed by atoms with E-state index in [-0.39, 0.29) is 16.1 Å². The zero-order valence-corrected chi connectivity index (χ0v) is 17.5. The van der Waals surface area contributed by atoms with Crippen molar-refractivity contribution in [2.75, 3.05) is 11.9 Å². The van der Waals surface area contributed by atoms with Gasteiger partial charge in [-0.15, -0.1) is 23.1 Å². The Kier molecular flexibility index (Phi) is 7.65. The summed E-state index contributed by atoms with van der Waals surface area (Å²) in [5.74, 6) is 0.365. The van der Waals surface area contributed by atoms with Crippen LogP contribution < -0.4 is 10.5 Å². The summed E-state index contributed by atoms with van der Waals surface area (Å²) >= 11 is 6.07. The Hall–Kier alpha value is -0.720. The first-order valence-corrected chi connectivity index (χ1v) is 11.6. The number of nitrogens with one attached hydrogen (secondary N) is 1. The molecular formula is C14H19BrN4O3S3. The average Bonchev–Trinajstić information content (AvgIpc) is 3.00. The van der Waals surface area contributed by atoms with Crippen LogP contribution in [-0.2, 0) is 10.0 Å². The second-order valence-corrected chi connectivity index (χ2v) is 10.1. The quantitative estimate of drug-likeness (QED) is 0.382. The average molecular weight is 467 g/mol. The number of primary sulfonamides is 1. The summed E-state index contributed by atoms with van der Waals surface area (Å²) < 4.78 is 23.5. The molecule has 2 aromatic rings. The van der Waals surface area contributed by atoms with E-state index in [1.165, 1.54) is 6.07 Å². The molecule has 0 aliphatic rings. The molecule has 0 aromatic carbocycles. The summed E-state index contributed by atoms with van der Waals surface area (Å²) in [5, 5.41) is 20.0. The van der Waals surface area contributed by atoms with Crippen LogP contribution in [-0.4, -0.2) is 35.3 Å². The van der Waals surface area contributed by atoms with Crippen LogP contribution in [0.2, 0.25) is 0 Å². The van der Waals surface area contributed by atoms with Gasteiger partial charge in [0.1, 0.15) is 9.24 Å². The van der Waals surface area contributed by atoms with Gasteiger partial charge in [0.2, 0.25) is 16.0 Å². The minimum atomic E-state index is -3.72. The Morgan fingerprint density at radius 2 is 2.24 bits per heavy atom. The highest BCUT2D eigenvalue weighted by atomic mass is 79.9. The summed E-state index contributed by atoms with van der Waals surface area (Å²) in [6.07, 6.45) is 4.34. The summed E-state index contributed by atoms with van der Waals surface area (Å²) in [5.41, 5.74) is 0.563. The smallest absolute Gasteiger partial charge is 0.247 e. The highest BCUT2D eigenvalue weighted by Gasteiger charge is 2.15. The molecule has 0 fully saturated rings. The van der Waals surface area contributed by atoms with Crippen LogP contribution in [0.15, 0.2) is 31.4 Å². The first-order chi connectivity index (χ1) is 11.8. The van der Waals surface area contributed by atoms with Crippen molar-refractivity contribution in [3.8, 4) is 0 Å². The Morgan fingerprint density at radius 1 is 1.48 bits per heavy atom. The zero-order chi connectivity index (χ0) is 18.4. The Bertz CT molecular complexity index is 807. The number of anilines is 2. The zero-order valence-electron chi connectivity index (χ0n) is 13.5. The molecule has 0 spiro atoms. The van der Waals surface area contributed by atoms with E-state index < -0.39 is 10.0 Å². The van der Waals surface area contributed by atoms with Crippen molar-refractivity contribution in [1.29, 1.82) is 0 Å². The highest BCUT2D eigenvalue weighted by Crippen LogP contribution is 2.33. The van der Waals surface area contributed by atoms with Crippen LogP contribution in [0.3, 0.4) is 0 Å². The topological polar surface area (TPSA) is 118 Å². The highest BCUT2D eigenvalue weighted by molar-refractivity contribution is 9.10. The molecule has 2 rings (SSSR count). The van der Waals surface area contributed by atoms with Crippen LogP contribution >= 0.6 is 39.0 Å². The molecule has 2 heterocycles. The van der Waals surface area contributed by atoms with Gasteiger partial charge < -0.3 is 10.4 Å². The predicted molar refractivity (Wildman–Crippen MR) is 105 cm³/mol. The van der Waals surface area contributed by atoms with E-state index in [1.807, 2.05) is 0 Å². The fourth-order valence-electron chi connectivity index (χ4n) is 2.04. The standard InChI is InChI=1S/C14H19BrN4O3S3/c1-2-3-10(4-5-20)24-13-11(15)7-17-14(19-13)18-9-6-12(23-8-9)25(16,21)22/h6-8,10,20H,2-5H2,1H3,(H2,16,21,22)(H,17,18,19). The van der Waals surface area contributed by atoms with E-state index in [0.29, 0.717) is 18.1 Å². The van der Waals surface area contributed by atoms with Gasteiger partial charge in [0, 0.05) is 23.4 Å². The molecule has 25 heavy (non-hydrogen) atoms. The van der Waals surface area contributed by atoms with Crippen LogP contribution in [0.5, 0.6) is 0 Å². The number of hydrogen-bond donors (Lipinski definition) is 3. The van der Waals surface area contributed by atoms with Crippen molar-refractivity contribution in [2.45, 2.75) is 40.7 Å². The van der Waals surface area contributed by atoms with E-state index >= 15 is 0 Å². The Balaban J connectivity index is 2.16. The van der Waals surface area contributed by atoms with Gasteiger partial charge in [-0.1, -0.05) is 13.3 Å². The molecular weight excluding hydrogens is 448 g/mol. The molecule has 0 aliphatic heterocycles. The molecule has 0 radical (unpaired) electrons. The van der Waals surface area contributed by atoms with Crippen molar-refractivity contribution in [2.24, 2.45) is 5.14 Å². The largest absolute Gasteiger partial charge is 0.396 e. The summed E-state index contributed by atoms with van der Waals surface area (Å²) in [6, 6.07) is 1.45. The first kappa shape index (κ1) is 20.6. The molecule has 0 aliphatic carbocycles. The van der Waals surface area contributed by atoms with E-state index in [4.69, 9.17) is 5.14 Å². The molecule has 1 unspecified atom stereocenters. The molecule has 11 heteroatoms. The van der Waals surface area contributed by atoms with E-state index in [9.17, 15) is 13.5 Å². The SMILES string of the molecule is CCCC(CCO)Sc1nc(Nc2csc(S(N)(=O)=O)c2)ncc1Br. The maximum atomic E-state index is 11.3. The summed E-state index contributed by atoms with van der Waals surface area (Å²) in [4.78, 5) is 8.68. The lowest BCUT2D eigenvalue weighted by Gasteiger charge is -2.15. The van der Waals surface area contributed by atoms with Gasteiger partial charge in [0.05, 0.1) is 10.2 Å². The van der Waals surface area contributed by atoms with Crippen LogP contribution in [0, 0.1) is 0 Å². The molecule has 0 amide bonds. The monoisotopic (exact) mass is 466 g/mol. The lowest BCUT2D eigenvalue weighted by atomic mass is 10.2. The summed E-state index contributed by atoms with van der Waals surface area (Å²) in [6.45, 7) is 2.24. The van der Waals surface area contributed by atoms with Crippen molar-refractivity contribution < 1.29 is 13.5 Å². The molecule has 2 aromatic heterocycles. The minimum Gasteiger partial charge on any atom is -0.396 e. The molecule has 138 valence electrons. The van der Waals surface area contributed by atoms with Gasteiger partial charge >= 0.3 is 0 Å². The van der Waals surface area contributed by atoms with E-state index in [1.54, 1.807) is 23.3 Å². The summed E-state index contributed by atoms with van der Waals surface area (Å²) in [7, 11) is -3.72. The number of sulfonamides is 1. The van der Waals surface area contributed by atoms with E-state index in [0.717, 1.165) is 33.7 Å². The molecule has 0 saturated heterocycles. The normalized spacial score (nSPS) is 13.0. The second-order valence-electron chi connectivity index (χ2n) is 5.21. The number of aromatic nitrogens is 2. The lowest BCUT2D eigenvalue weighted by Crippen LogP contribution is -2.10. The van der Waals surface area contributed by atoms with Gasteiger partial charge in [0.25, 0.3) is 0 Å². The number of halogens is 1. The lowest BCUT2D eigenvalue weighted by molar-refractivity contribution is 0.285. The fraction of sp³-hybridized carbons (Fsp3) is 0.429. The van der Waals surface area contributed by atoms with Gasteiger partial charge in [-0.2, -0.15) is 0 Å². The fourth-order valence-corrected chi connectivity index (χ4v) is 5.25. The van der Waals surface area contributed by atoms with Crippen LogP contribution in [0.1, 0.15) is 26.2 Å². The van der Waals surface area contributed by atoms with Crippen molar-refractivity contribution in [3.63, 3.8) is 0 Å². The Morgan fingerprint density at radius 3 is 2.84 bits per heavy atom. The van der Waals surface area contributed by atoms with E-state index in [2.05, 4.69) is 38.1 Å². The minimum absolute atomic E-state index is 0.0765. The van der Waals surface area contributed by atoms with Crippen molar-refractivity contribution in [1.82, 2.24) is 9.97 Å². The number of aliphatic hydroxyl groups is 1. The number of rotatable bonds is 9. The number of thiophene rings is 1. The molecule has 4 N–H and O–H groups in total. The first-order valence-electron chi connectivity index (χ1n) is 7.52. The number of nitrogens with zero attached hydrogens (tertiary/aromatic N) is 2. The maximum absolute atomic E-state index is 11.3. The Labute approximate surface area is 163 Å². The van der Waals surface area contributed by atoms with Gasteiger partial charge in [-0.25, -0.2) is 23.5 Å². The molecule has 1 atom stereocenters. The predicted octanol–water partition coefficient (Wildman–Crippen LogP) is 3.33.